The number of aromatic nitrogens is 2. The third-order valence-electron chi connectivity index (χ3n) is 5.62. The number of hydrogen-bond donors (Lipinski definition) is 0. The van der Waals surface area contributed by atoms with Crippen molar-refractivity contribution < 1.29 is 27.4 Å². The van der Waals surface area contributed by atoms with Crippen LogP contribution >= 0.6 is 11.8 Å². The summed E-state index contributed by atoms with van der Waals surface area (Å²) in [5.41, 5.74) is 3.05. The van der Waals surface area contributed by atoms with Gasteiger partial charge in [0.05, 0.1) is 31.9 Å². The quantitative estimate of drug-likeness (QED) is 0.444. The highest BCUT2D eigenvalue weighted by molar-refractivity contribution is 7.99. The maximum atomic E-state index is 13.3. The van der Waals surface area contributed by atoms with Crippen LogP contribution in [0.2, 0.25) is 0 Å². The number of alkyl halides is 3. The monoisotopic (exact) mass is 491 g/mol. The van der Waals surface area contributed by atoms with Crippen molar-refractivity contribution in [2.24, 2.45) is 0 Å². The van der Waals surface area contributed by atoms with E-state index in [4.69, 9.17) is 9.47 Å². The van der Waals surface area contributed by atoms with Crippen LogP contribution in [-0.2, 0) is 24.3 Å². The number of fused-ring (bicyclic) bond motifs is 1. The highest BCUT2D eigenvalue weighted by Crippen LogP contribution is 2.34. The fourth-order valence-corrected chi connectivity index (χ4v) is 4.84. The Balaban J connectivity index is 1.49. The molecule has 2 aromatic carbocycles. The molecule has 1 aliphatic heterocycles. The van der Waals surface area contributed by atoms with Crippen molar-refractivity contribution in [2.75, 3.05) is 26.5 Å². The van der Waals surface area contributed by atoms with Gasteiger partial charge in [0.1, 0.15) is 6.54 Å². The topological polar surface area (TPSA) is 56.6 Å². The van der Waals surface area contributed by atoms with E-state index in [1.54, 1.807) is 49.5 Å². The molecule has 2 heterocycles. The minimum Gasteiger partial charge on any atom is -0.493 e. The second-order valence-corrected chi connectivity index (χ2v) is 8.77. The number of imidazole rings is 1. The Morgan fingerprint density at radius 2 is 1.76 bits per heavy atom. The van der Waals surface area contributed by atoms with Crippen molar-refractivity contribution >= 4 is 17.7 Å². The number of amides is 1. The van der Waals surface area contributed by atoms with Gasteiger partial charge in [-0.2, -0.15) is 13.2 Å². The van der Waals surface area contributed by atoms with Crippen LogP contribution in [0.1, 0.15) is 11.1 Å². The Hall–Kier alpha value is -3.14. The van der Waals surface area contributed by atoms with Gasteiger partial charge < -0.3 is 18.9 Å². The average molecular weight is 492 g/mol. The molecule has 0 spiro atoms. The Bertz CT molecular complexity index is 1170. The van der Waals surface area contributed by atoms with Crippen molar-refractivity contribution in [1.82, 2.24) is 14.5 Å². The molecule has 1 aliphatic rings. The summed E-state index contributed by atoms with van der Waals surface area (Å²) in [6.07, 6.45) is -2.34. The number of benzene rings is 2. The van der Waals surface area contributed by atoms with E-state index in [9.17, 15) is 18.0 Å². The number of thioether (sulfide) groups is 1. The van der Waals surface area contributed by atoms with Gasteiger partial charge in [-0.05, 0) is 35.2 Å². The largest absolute Gasteiger partial charge is 0.493 e. The van der Waals surface area contributed by atoms with Crippen LogP contribution in [-0.4, -0.2) is 53.1 Å². The van der Waals surface area contributed by atoms with E-state index in [2.05, 4.69) is 4.98 Å². The molecule has 0 fully saturated rings. The molecule has 0 atom stereocenters. The zero-order valence-electron chi connectivity index (χ0n) is 18.8. The Labute approximate surface area is 199 Å². The lowest BCUT2D eigenvalue weighted by Crippen LogP contribution is -2.37. The summed E-state index contributed by atoms with van der Waals surface area (Å²) < 4.78 is 51.7. The van der Waals surface area contributed by atoms with Crippen LogP contribution < -0.4 is 9.47 Å². The predicted octanol–water partition coefficient (Wildman–Crippen LogP) is 4.81. The molecule has 180 valence electrons. The number of halogens is 3. The van der Waals surface area contributed by atoms with E-state index < -0.39 is 12.7 Å². The summed E-state index contributed by atoms with van der Waals surface area (Å²) in [5.74, 6) is 1.06. The van der Waals surface area contributed by atoms with Crippen molar-refractivity contribution in [1.29, 1.82) is 0 Å². The molecule has 1 amide bonds. The van der Waals surface area contributed by atoms with Gasteiger partial charge in [-0.25, -0.2) is 4.98 Å². The van der Waals surface area contributed by atoms with E-state index >= 15 is 0 Å². The maximum absolute atomic E-state index is 13.3. The van der Waals surface area contributed by atoms with E-state index in [0.717, 1.165) is 27.5 Å². The molecule has 0 radical (unpaired) electrons. The van der Waals surface area contributed by atoms with E-state index in [-0.39, 0.29) is 16.8 Å². The van der Waals surface area contributed by atoms with Gasteiger partial charge in [0.25, 0.3) is 0 Å². The fraction of sp³-hybridized carbons (Fsp3) is 0.333. The normalized spacial score (nSPS) is 13.5. The summed E-state index contributed by atoms with van der Waals surface area (Å²) in [6.45, 7) is -0.248. The zero-order valence-corrected chi connectivity index (χ0v) is 19.6. The Morgan fingerprint density at radius 3 is 2.41 bits per heavy atom. The van der Waals surface area contributed by atoms with Gasteiger partial charge >= 0.3 is 6.18 Å². The van der Waals surface area contributed by atoms with Crippen molar-refractivity contribution in [3.05, 3.63) is 59.8 Å². The van der Waals surface area contributed by atoms with Crippen LogP contribution in [0.5, 0.6) is 11.5 Å². The SMILES string of the molecule is COc1cc2c(cc1OC)CN(C(=O)CSc1ncc(-c3ccccc3)n1CC(F)(F)F)CC2. The van der Waals surface area contributed by atoms with Gasteiger partial charge in [-0.3, -0.25) is 4.79 Å². The standard InChI is InChI=1S/C24H24F3N3O3S/c1-32-20-10-17-8-9-29(13-18(17)11-21(20)33-2)22(31)14-34-23-28-12-19(16-6-4-3-5-7-16)30(23)15-24(25,26)27/h3-7,10-12H,8-9,13-15H2,1-2H3. The second-order valence-electron chi connectivity index (χ2n) is 7.82. The summed E-state index contributed by atoms with van der Waals surface area (Å²) in [5, 5.41) is 0.161. The van der Waals surface area contributed by atoms with Gasteiger partial charge in [-0.15, -0.1) is 0 Å². The maximum Gasteiger partial charge on any atom is 0.406 e. The molecule has 0 saturated heterocycles. The first kappa shape index (κ1) is 24.0. The Morgan fingerprint density at radius 1 is 1.09 bits per heavy atom. The van der Waals surface area contributed by atoms with Gasteiger partial charge in [0, 0.05) is 13.1 Å². The predicted molar refractivity (Wildman–Crippen MR) is 123 cm³/mol. The Kier molecular flexibility index (Phi) is 7.06. The smallest absolute Gasteiger partial charge is 0.406 e. The average Bonchev–Trinajstić information content (AvgIpc) is 3.22. The molecule has 0 bridgehead atoms. The number of carbonyl (C=O) groups is 1. The first-order valence-corrected chi connectivity index (χ1v) is 11.6. The summed E-state index contributed by atoms with van der Waals surface area (Å²) in [7, 11) is 3.13. The molecular weight excluding hydrogens is 467 g/mol. The van der Waals surface area contributed by atoms with Crippen molar-refractivity contribution in [2.45, 2.75) is 30.8 Å². The number of rotatable bonds is 7. The van der Waals surface area contributed by atoms with Crippen molar-refractivity contribution in [3.63, 3.8) is 0 Å². The first-order chi connectivity index (χ1) is 16.3. The molecule has 6 nitrogen and oxygen atoms in total. The molecule has 34 heavy (non-hydrogen) atoms. The molecule has 3 aromatic rings. The number of nitrogens with zero attached hydrogens (tertiary/aromatic N) is 3. The molecule has 0 unspecified atom stereocenters. The van der Waals surface area contributed by atoms with E-state index in [1.165, 1.54) is 6.20 Å². The summed E-state index contributed by atoms with van der Waals surface area (Å²) >= 11 is 1.02. The number of methoxy groups -OCH3 is 2. The molecule has 0 saturated carbocycles. The van der Waals surface area contributed by atoms with E-state index in [0.29, 0.717) is 42.3 Å². The molecular formula is C24H24F3N3O3S. The van der Waals surface area contributed by atoms with Gasteiger partial charge in [0.2, 0.25) is 5.91 Å². The first-order valence-electron chi connectivity index (χ1n) is 10.6. The van der Waals surface area contributed by atoms with Crippen LogP contribution in [0, 0.1) is 0 Å². The number of ether oxygens (including phenoxy) is 2. The molecule has 1 aromatic heterocycles. The highest BCUT2D eigenvalue weighted by Gasteiger charge is 2.31. The minimum absolute atomic E-state index is 0.00821. The lowest BCUT2D eigenvalue weighted by molar-refractivity contribution is -0.141. The summed E-state index contributed by atoms with van der Waals surface area (Å²) in [6, 6.07) is 12.6. The number of carbonyl (C=O) groups excluding carboxylic acids is 1. The van der Waals surface area contributed by atoms with Gasteiger partial charge in [0.15, 0.2) is 16.7 Å². The van der Waals surface area contributed by atoms with Gasteiger partial charge in [-0.1, -0.05) is 42.1 Å². The lowest BCUT2D eigenvalue weighted by atomic mass is 9.99. The third-order valence-corrected chi connectivity index (χ3v) is 6.60. The number of hydrogen-bond acceptors (Lipinski definition) is 5. The third kappa shape index (κ3) is 5.32. The molecule has 10 heteroatoms. The van der Waals surface area contributed by atoms with E-state index in [1.807, 2.05) is 12.1 Å². The molecule has 0 aliphatic carbocycles. The fourth-order valence-electron chi connectivity index (χ4n) is 3.96. The second kappa shape index (κ2) is 10.0. The molecule has 4 rings (SSSR count). The van der Waals surface area contributed by atoms with Crippen molar-refractivity contribution in [3.8, 4) is 22.8 Å². The van der Waals surface area contributed by atoms with Crippen LogP contribution in [0.15, 0.2) is 53.8 Å². The minimum atomic E-state index is -4.42. The van der Waals surface area contributed by atoms with Crippen LogP contribution in [0.25, 0.3) is 11.3 Å². The highest BCUT2D eigenvalue weighted by atomic mass is 32.2. The van der Waals surface area contributed by atoms with Crippen LogP contribution in [0.3, 0.4) is 0 Å². The zero-order chi connectivity index (χ0) is 24.3. The summed E-state index contributed by atoms with van der Waals surface area (Å²) in [4.78, 5) is 18.8. The lowest BCUT2D eigenvalue weighted by Gasteiger charge is -2.29. The molecule has 0 N–H and O–H groups in total. The van der Waals surface area contributed by atoms with Crippen LogP contribution in [0.4, 0.5) is 13.2 Å².